The Kier molecular flexibility index (Phi) is 2.96. The fourth-order valence-electron chi connectivity index (χ4n) is 7.28. The van der Waals surface area contributed by atoms with Gasteiger partial charge in [0.05, 0.1) is 82.7 Å². The first kappa shape index (κ1) is 13.5. The Morgan fingerprint density at radius 2 is 0.632 bits per heavy atom. The zero-order valence-electron chi connectivity index (χ0n) is 60.6. The standard InChI is InChI=1S/C54H35N3/c1-3-16-36(17-4-1)40-24-15-25-41(37-18-5-2-6-19-37)54(40)57-51-29-14-10-23-45(51)47-35-39(31-33-53(47)57)56-50-28-13-9-22-44(50)46-34-38(30-32-52(46)56)55-48-26-11-7-20-42(48)43-21-8-12-27-49(43)55/h1-35H/i1D,2D,3D,4D,5D,6D,7D,8D,9D,10D,11D,12D,13D,14D,16D,17D,18D,19D,20D,21D,22D,23D,26D,27D,28D,29D,30D,31D,32D,33D,34D,35D. The first-order chi connectivity index (χ1) is 41.6. The van der Waals surface area contributed by atoms with E-state index < -0.39 is 298 Å². The summed E-state index contributed by atoms with van der Waals surface area (Å²) in [6.45, 7) is 0. The molecule has 3 heterocycles. The Bertz CT molecular complexity index is 5180. The monoisotopic (exact) mass is 757 g/mol. The van der Waals surface area contributed by atoms with Crippen molar-refractivity contribution in [3.05, 3.63) is 212 Å². The van der Waals surface area contributed by atoms with Crippen LogP contribution in [0.25, 0.3) is 105 Å². The number of nitrogens with zero attached hydrogens (tertiary/aromatic N) is 3. The summed E-state index contributed by atoms with van der Waals surface area (Å²) in [4.78, 5) is 0. The third kappa shape index (κ3) is 4.73. The van der Waals surface area contributed by atoms with E-state index in [1.807, 2.05) is 0 Å². The highest BCUT2D eigenvalue weighted by molar-refractivity contribution is 6.14. The third-order valence-corrected chi connectivity index (χ3v) is 9.57. The van der Waals surface area contributed by atoms with Crippen LogP contribution in [0.4, 0.5) is 0 Å². The van der Waals surface area contributed by atoms with Gasteiger partial charge in [0.1, 0.15) is 0 Å². The molecule has 3 nitrogen and oxygen atoms in total. The van der Waals surface area contributed by atoms with Crippen LogP contribution in [0.3, 0.4) is 0 Å². The summed E-state index contributed by atoms with van der Waals surface area (Å²) in [5, 5.41) is -3.64. The van der Waals surface area contributed by atoms with E-state index in [4.69, 9.17) is 30.2 Å². The Hall–Kier alpha value is -7.62. The largest absolute Gasteiger partial charge is 0.309 e. The van der Waals surface area contributed by atoms with Crippen LogP contribution in [-0.2, 0) is 0 Å². The predicted molar refractivity (Wildman–Crippen MR) is 240 cm³/mol. The summed E-state index contributed by atoms with van der Waals surface area (Å²) in [5.41, 5.74) is -8.44. The van der Waals surface area contributed by atoms with Gasteiger partial charge in [0.15, 0.2) is 0 Å². The molecule has 0 aliphatic carbocycles. The molecule has 0 bridgehead atoms. The maximum atomic E-state index is 10.3. The molecular formula is C54H35N3. The van der Waals surface area contributed by atoms with Crippen molar-refractivity contribution >= 4 is 65.4 Å². The van der Waals surface area contributed by atoms with Gasteiger partial charge in [-0.05, 0) is 71.6 Å². The number of hydrogen-bond donors (Lipinski definition) is 0. The molecule has 0 aliphatic heterocycles. The summed E-state index contributed by atoms with van der Waals surface area (Å²) < 4.78 is 295. The number of aromatic nitrogens is 3. The number of para-hydroxylation sites is 5. The van der Waals surface area contributed by atoms with Crippen molar-refractivity contribution in [3.8, 4) is 39.3 Å². The topological polar surface area (TPSA) is 14.8 Å². The van der Waals surface area contributed by atoms with Crippen molar-refractivity contribution in [2.75, 3.05) is 0 Å². The molecule has 0 saturated carbocycles. The lowest BCUT2D eigenvalue weighted by Crippen LogP contribution is -2.01. The molecule has 3 aromatic heterocycles. The van der Waals surface area contributed by atoms with Gasteiger partial charge in [-0.3, -0.25) is 0 Å². The first-order valence-corrected chi connectivity index (χ1v) is 17.0. The molecule has 57 heavy (non-hydrogen) atoms. The minimum atomic E-state index is -1.12. The van der Waals surface area contributed by atoms with E-state index in [2.05, 4.69) is 0 Å². The van der Waals surface area contributed by atoms with Crippen molar-refractivity contribution in [3.63, 3.8) is 0 Å². The van der Waals surface area contributed by atoms with Crippen molar-refractivity contribution in [1.82, 2.24) is 13.7 Å². The number of rotatable bonds is 5. The minimum absolute atomic E-state index is 0.438. The van der Waals surface area contributed by atoms with Crippen LogP contribution >= 0.6 is 0 Å². The molecular weight excluding hydrogens is 691 g/mol. The molecule has 0 N–H and O–H groups in total. The highest BCUT2D eigenvalue weighted by Gasteiger charge is 2.21. The van der Waals surface area contributed by atoms with Gasteiger partial charge in [0.25, 0.3) is 0 Å². The van der Waals surface area contributed by atoms with Crippen LogP contribution < -0.4 is 0 Å². The lowest BCUT2D eigenvalue weighted by Gasteiger charge is -2.19. The minimum Gasteiger partial charge on any atom is -0.309 e. The van der Waals surface area contributed by atoms with Crippen molar-refractivity contribution in [1.29, 1.82) is 0 Å². The van der Waals surface area contributed by atoms with E-state index in [0.29, 0.717) is 4.57 Å². The predicted octanol–water partition coefficient (Wildman–Crippen LogP) is 14.3. The summed E-state index contributed by atoms with van der Waals surface area (Å²) in [6.07, 6.45) is 0. The Balaban J connectivity index is 1.33. The second-order valence-electron chi connectivity index (χ2n) is 12.5. The molecule has 0 fully saturated rings. The maximum absolute atomic E-state index is 10.3. The lowest BCUT2D eigenvalue weighted by atomic mass is 9.95. The van der Waals surface area contributed by atoms with E-state index in [1.54, 1.807) is 0 Å². The quantitative estimate of drug-likeness (QED) is 0.166. The van der Waals surface area contributed by atoms with Crippen molar-refractivity contribution in [2.24, 2.45) is 0 Å². The number of hydrogen-bond acceptors (Lipinski definition) is 0. The van der Waals surface area contributed by atoms with Gasteiger partial charge in [-0.25, -0.2) is 0 Å². The zero-order chi connectivity index (χ0) is 65.3. The van der Waals surface area contributed by atoms with Crippen LogP contribution in [0.1, 0.15) is 43.9 Å². The molecule has 12 rings (SSSR count). The molecule has 0 spiro atoms. The summed E-state index contributed by atoms with van der Waals surface area (Å²) in [7, 11) is 0. The maximum Gasteiger partial charge on any atom is 0.0652 e. The second kappa shape index (κ2) is 12.5. The third-order valence-electron chi connectivity index (χ3n) is 9.57. The number of benzene rings is 9. The molecule has 0 unspecified atom stereocenters. The normalized spacial score (nSPS) is 19.7. The van der Waals surface area contributed by atoms with Crippen LogP contribution in [0.15, 0.2) is 212 Å². The van der Waals surface area contributed by atoms with Crippen molar-refractivity contribution < 1.29 is 43.9 Å². The van der Waals surface area contributed by atoms with Gasteiger partial charge in [0, 0.05) is 54.8 Å². The van der Waals surface area contributed by atoms with Gasteiger partial charge in [-0.1, -0.05) is 151 Å². The smallest absolute Gasteiger partial charge is 0.0652 e. The molecule has 0 saturated heterocycles. The fourth-order valence-corrected chi connectivity index (χ4v) is 7.28. The van der Waals surface area contributed by atoms with Gasteiger partial charge in [-0.15, -0.1) is 0 Å². The molecule has 9 aromatic carbocycles. The number of fused-ring (bicyclic) bond motifs is 9. The van der Waals surface area contributed by atoms with Gasteiger partial charge < -0.3 is 13.7 Å². The summed E-state index contributed by atoms with van der Waals surface area (Å²) in [6, 6.07) is -25.9. The molecule has 0 atom stereocenters. The van der Waals surface area contributed by atoms with Crippen LogP contribution in [0.5, 0.6) is 0 Å². The Morgan fingerprint density at radius 1 is 0.298 bits per heavy atom. The Morgan fingerprint density at radius 3 is 1.07 bits per heavy atom. The van der Waals surface area contributed by atoms with Crippen LogP contribution in [-0.4, -0.2) is 13.7 Å². The Labute approximate surface area is 374 Å². The highest BCUT2D eigenvalue weighted by Crippen LogP contribution is 2.43. The van der Waals surface area contributed by atoms with Crippen LogP contribution in [0, 0.1) is 0 Å². The average Bonchev–Trinajstić information content (AvgIpc) is 1.52. The second-order valence-corrected chi connectivity index (χ2v) is 12.5. The molecule has 0 radical (unpaired) electrons. The van der Waals surface area contributed by atoms with Gasteiger partial charge in [-0.2, -0.15) is 0 Å². The summed E-state index contributed by atoms with van der Waals surface area (Å²) >= 11 is 0. The molecule has 0 amide bonds. The molecule has 12 aromatic rings. The SMILES string of the molecule is [2H]c1c([2H])c([2H])c(-c2cccc(-c3c([2H])c([2H])c([2H])c([2H])c3[2H])c2-n2c3c([2H])c([2H])c([2H])c([2H])c3c3c([2H])c(-n4c5c([2H])c([2H])c([2H])c([2H])c5c5c([2H])c(-n6c7c([2H])c([2H])c([2H])c([2H])c7c7c([2H])c([2H])c([2H])c([2H])c76)c([2H])c([2H])c54)c([2H])c([2H])c32)c([2H])c1[2H]. The van der Waals surface area contributed by atoms with Gasteiger partial charge >= 0.3 is 0 Å². The molecule has 266 valence electrons. The fraction of sp³-hybridized carbons (Fsp3) is 0. The van der Waals surface area contributed by atoms with Crippen molar-refractivity contribution in [2.45, 2.75) is 0 Å². The van der Waals surface area contributed by atoms with E-state index >= 15 is 0 Å². The average molecular weight is 758 g/mol. The zero-order valence-corrected chi connectivity index (χ0v) is 28.6. The van der Waals surface area contributed by atoms with E-state index in [0.717, 1.165) is 9.13 Å². The molecule has 0 aliphatic rings. The highest BCUT2D eigenvalue weighted by atomic mass is 15.0. The van der Waals surface area contributed by atoms with Crippen LogP contribution in [0.2, 0.25) is 0 Å². The summed E-state index contributed by atoms with van der Waals surface area (Å²) in [5.74, 6) is 0. The lowest BCUT2D eigenvalue weighted by molar-refractivity contribution is 1.16. The first-order valence-electron chi connectivity index (χ1n) is 33.0. The molecule has 3 heteroatoms. The van der Waals surface area contributed by atoms with Gasteiger partial charge in [0.2, 0.25) is 0 Å². The van der Waals surface area contributed by atoms with E-state index in [-0.39, 0.29) is 0 Å². The van der Waals surface area contributed by atoms with E-state index in [9.17, 15) is 13.7 Å². The van der Waals surface area contributed by atoms with E-state index in [1.165, 1.54) is 18.2 Å².